The molecule has 0 aliphatic carbocycles. The average molecular weight is 223 g/mol. The average Bonchev–Trinajstić information content (AvgIpc) is 2.17. The van der Waals surface area contributed by atoms with Crippen LogP contribution < -0.4 is 4.74 Å². The van der Waals surface area contributed by atoms with Gasteiger partial charge in [0.1, 0.15) is 5.75 Å². The highest BCUT2D eigenvalue weighted by molar-refractivity contribution is 6.34. The highest BCUT2D eigenvalue weighted by Gasteiger charge is 2.06. The Hall–Kier alpha value is -1.46. The second-order valence-corrected chi connectivity index (χ2v) is 3.41. The van der Waals surface area contributed by atoms with Gasteiger partial charge in [-0.15, -0.1) is 12.3 Å². The van der Waals surface area contributed by atoms with Crippen molar-refractivity contribution < 1.29 is 9.53 Å². The molecule has 0 amide bonds. The number of carbonyl (C=O) groups excluding carboxylic acids is 1. The predicted molar refractivity (Wildman–Crippen MR) is 60.4 cm³/mol. The van der Waals surface area contributed by atoms with Gasteiger partial charge >= 0.3 is 0 Å². The number of hydrogen-bond donors (Lipinski definition) is 0. The highest BCUT2D eigenvalue weighted by atomic mass is 35.5. The van der Waals surface area contributed by atoms with Gasteiger partial charge in [-0.3, -0.25) is 4.79 Å². The fourth-order valence-corrected chi connectivity index (χ4v) is 1.40. The third kappa shape index (κ3) is 3.30. The highest BCUT2D eigenvalue weighted by Crippen LogP contribution is 2.22. The molecular weight excluding hydrogens is 212 g/mol. The lowest BCUT2D eigenvalue weighted by Crippen LogP contribution is -1.98. The Morgan fingerprint density at radius 2 is 2.33 bits per heavy atom. The van der Waals surface area contributed by atoms with E-state index in [1.807, 2.05) is 0 Å². The molecule has 0 heterocycles. The quantitative estimate of drug-likeness (QED) is 0.445. The van der Waals surface area contributed by atoms with Crippen LogP contribution in [0.1, 0.15) is 23.7 Å². The molecule has 2 nitrogen and oxygen atoms in total. The minimum atomic E-state index is -0.0600. The first-order valence-electron chi connectivity index (χ1n) is 4.52. The number of ether oxygens (including phenoxy) is 1. The van der Waals surface area contributed by atoms with Crippen molar-refractivity contribution >= 4 is 17.4 Å². The molecule has 15 heavy (non-hydrogen) atoms. The number of terminal acetylenes is 1. The first kappa shape index (κ1) is 11.6. The lowest BCUT2D eigenvalue weighted by Gasteiger charge is -2.06. The summed E-state index contributed by atoms with van der Waals surface area (Å²) in [6.07, 6.45) is 5.63. The summed E-state index contributed by atoms with van der Waals surface area (Å²) in [5.41, 5.74) is 0.501. The Labute approximate surface area is 94.2 Å². The molecule has 0 fully saturated rings. The lowest BCUT2D eigenvalue weighted by molar-refractivity contribution is 0.101. The van der Waals surface area contributed by atoms with Crippen molar-refractivity contribution in [3.63, 3.8) is 0 Å². The smallest absolute Gasteiger partial charge is 0.161 e. The number of hydrogen-bond acceptors (Lipinski definition) is 2. The van der Waals surface area contributed by atoms with Gasteiger partial charge in [-0.2, -0.15) is 0 Å². The maximum atomic E-state index is 11.1. The van der Waals surface area contributed by atoms with Crippen molar-refractivity contribution in [3.05, 3.63) is 28.8 Å². The van der Waals surface area contributed by atoms with Crippen molar-refractivity contribution in [2.75, 3.05) is 6.61 Å². The van der Waals surface area contributed by atoms with Crippen molar-refractivity contribution in [3.8, 4) is 18.1 Å². The van der Waals surface area contributed by atoms with E-state index in [0.29, 0.717) is 29.4 Å². The summed E-state index contributed by atoms with van der Waals surface area (Å²) < 4.78 is 5.32. The lowest BCUT2D eigenvalue weighted by atomic mass is 10.1. The molecule has 1 rings (SSSR count). The molecule has 0 aliphatic rings. The number of carbonyl (C=O) groups is 1. The van der Waals surface area contributed by atoms with Crippen LogP contribution in [0.25, 0.3) is 0 Å². The summed E-state index contributed by atoms with van der Waals surface area (Å²) in [7, 11) is 0. The van der Waals surface area contributed by atoms with Crippen molar-refractivity contribution in [1.82, 2.24) is 0 Å². The van der Waals surface area contributed by atoms with Gasteiger partial charge in [0.15, 0.2) is 5.78 Å². The van der Waals surface area contributed by atoms with E-state index in [9.17, 15) is 4.79 Å². The Bertz CT molecular complexity index is 405. The van der Waals surface area contributed by atoms with Gasteiger partial charge in [-0.25, -0.2) is 0 Å². The summed E-state index contributed by atoms with van der Waals surface area (Å²) in [5.74, 6) is 3.04. The van der Waals surface area contributed by atoms with Gasteiger partial charge in [0.05, 0.1) is 11.6 Å². The Morgan fingerprint density at radius 1 is 1.60 bits per heavy atom. The number of Topliss-reactive ketones (excluding diaryl/α,β-unsaturated/α-hetero) is 1. The van der Waals surface area contributed by atoms with Gasteiger partial charge in [0, 0.05) is 12.0 Å². The molecular formula is C12H11ClO2. The van der Waals surface area contributed by atoms with Gasteiger partial charge in [0.2, 0.25) is 0 Å². The SMILES string of the molecule is C#CCCOc1ccc(C(C)=O)c(Cl)c1. The summed E-state index contributed by atoms with van der Waals surface area (Å²) in [6.45, 7) is 1.92. The van der Waals surface area contributed by atoms with Crippen LogP contribution in [-0.2, 0) is 0 Å². The van der Waals surface area contributed by atoms with Crippen LogP contribution in [0, 0.1) is 12.3 Å². The number of ketones is 1. The van der Waals surface area contributed by atoms with Crippen molar-refractivity contribution in [1.29, 1.82) is 0 Å². The fraction of sp³-hybridized carbons (Fsp3) is 0.250. The fourth-order valence-electron chi connectivity index (χ4n) is 1.10. The largest absolute Gasteiger partial charge is 0.493 e. The normalized spacial score (nSPS) is 9.40. The van der Waals surface area contributed by atoms with Gasteiger partial charge in [-0.1, -0.05) is 11.6 Å². The molecule has 0 radical (unpaired) electrons. The molecule has 0 unspecified atom stereocenters. The molecule has 3 heteroatoms. The van der Waals surface area contributed by atoms with Crippen LogP contribution in [0.5, 0.6) is 5.75 Å². The van der Waals surface area contributed by atoms with E-state index in [4.69, 9.17) is 22.8 Å². The number of rotatable bonds is 4. The minimum absolute atomic E-state index is 0.0600. The zero-order valence-corrected chi connectivity index (χ0v) is 9.17. The van der Waals surface area contributed by atoms with E-state index in [2.05, 4.69) is 5.92 Å². The monoisotopic (exact) mass is 222 g/mol. The Kier molecular flexibility index (Phi) is 4.20. The van der Waals surface area contributed by atoms with Crippen LogP contribution in [-0.4, -0.2) is 12.4 Å². The molecule has 0 aliphatic heterocycles. The molecule has 0 bridgehead atoms. The standard InChI is InChI=1S/C12H11ClO2/c1-3-4-7-15-10-5-6-11(9(2)14)12(13)8-10/h1,5-6,8H,4,7H2,2H3. The maximum absolute atomic E-state index is 11.1. The van der Waals surface area contributed by atoms with E-state index in [-0.39, 0.29) is 5.78 Å². The first-order chi connectivity index (χ1) is 7.15. The minimum Gasteiger partial charge on any atom is -0.493 e. The van der Waals surface area contributed by atoms with Crippen LogP contribution in [0.3, 0.4) is 0 Å². The van der Waals surface area contributed by atoms with E-state index in [1.165, 1.54) is 6.92 Å². The zero-order valence-electron chi connectivity index (χ0n) is 8.42. The molecule has 0 N–H and O–H groups in total. The molecule has 1 aromatic carbocycles. The topological polar surface area (TPSA) is 26.3 Å². The van der Waals surface area contributed by atoms with Crippen molar-refractivity contribution in [2.45, 2.75) is 13.3 Å². The molecule has 78 valence electrons. The van der Waals surface area contributed by atoms with E-state index in [0.717, 1.165) is 0 Å². The van der Waals surface area contributed by atoms with Crippen LogP contribution in [0.15, 0.2) is 18.2 Å². The molecule has 0 aromatic heterocycles. The predicted octanol–water partition coefficient (Wildman–Crippen LogP) is 2.94. The molecule has 0 atom stereocenters. The second kappa shape index (κ2) is 5.43. The van der Waals surface area contributed by atoms with Gasteiger partial charge in [0.25, 0.3) is 0 Å². The maximum Gasteiger partial charge on any atom is 0.161 e. The molecule has 0 spiro atoms. The number of benzene rings is 1. The summed E-state index contributed by atoms with van der Waals surface area (Å²) in [6, 6.07) is 4.98. The molecule has 0 saturated heterocycles. The third-order valence-corrected chi connectivity index (χ3v) is 2.15. The number of halogens is 1. The van der Waals surface area contributed by atoms with Gasteiger partial charge < -0.3 is 4.74 Å². The van der Waals surface area contributed by atoms with Crippen LogP contribution >= 0.6 is 11.6 Å². The van der Waals surface area contributed by atoms with E-state index < -0.39 is 0 Å². The first-order valence-corrected chi connectivity index (χ1v) is 4.89. The summed E-state index contributed by atoms with van der Waals surface area (Å²) in [5, 5.41) is 0.403. The second-order valence-electron chi connectivity index (χ2n) is 3.00. The third-order valence-electron chi connectivity index (χ3n) is 1.83. The summed E-state index contributed by atoms with van der Waals surface area (Å²) in [4.78, 5) is 11.1. The molecule has 0 saturated carbocycles. The zero-order chi connectivity index (χ0) is 11.3. The van der Waals surface area contributed by atoms with E-state index >= 15 is 0 Å². The Balaban J connectivity index is 2.74. The Morgan fingerprint density at radius 3 is 2.87 bits per heavy atom. The van der Waals surface area contributed by atoms with Gasteiger partial charge in [-0.05, 0) is 25.1 Å². The molecule has 1 aromatic rings. The van der Waals surface area contributed by atoms with Crippen LogP contribution in [0.2, 0.25) is 5.02 Å². The van der Waals surface area contributed by atoms with E-state index in [1.54, 1.807) is 18.2 Å². The summed E-state index contributed by atoms with van der Waals surface area (Å²) >= 11 is 5.90. The van der Waals surface area contributed by atoms with Crippen LogP contribution in [0.4, 0.5) is 0 Å². The van der Waals surface area contributed by atoms with Crippen molar-refractivity contribution in [2.24, 2.45) is 0 Å².